The molecule has 2 aromatic rings. The van der Waals surface area contributed by atoms with Crippen molar-refractivity contribution in [1.29, 1.82) is 0 Å². The topological polar surface area (TPSA) is 81.2 Å². The maximum absolute atomic E-state index is 12.0. The smallest absolute Gasteiger partial charge is 0.338 e. The molecular formula is C15H17N3O3S3. The molecule has 1 aromatic carbocycles. The second-order valence-electron chi connectivity index (χ2n) is 4.91. The van der Waals surface area contributed by atoms with Crippen LogP contribution in [0.5, 0.6) is 0 Å². The Morgan fingerprint density at radius 2 is 1.88 bits per heavy atom. The minimum Gasteiger partial charge on any atom is -0.459 e. The van der Waals surface area contributed by atoms with Gasteiger partial charge in [-0.05, 0) is 44.4 Å². The van der Waals surface area contributed by atoms with Gasteiger partial charge in [-0.3, -0.25) is 4.79 Å². The van der Waals surface area contributed by atoms with Gasteiger partial charge in [0, 0.05) is 5.69 Å². The van der Waals surface area contributed by atoms with Gasteiger partial charge in [0.2, 0.25) is 5.91 Å². The minimum atomic E-state index is -0.376. The molecule has 0 spiro atoms. The summed E-state index contributed by atoms with van der Waals surface area (Å²) in [7, 11) is 0. The number of thioether (sulfide) groups is 2. The van der Waals surface area contributed by atoms with Crippen LogP contribution < -0.4 is 5.32 Å². The van der Waals surface area contributed by atoms with Crippen LogP contribution in [0.15, 0.2) is 32.9 Å². The van der Waals surface area contributed by atoms with E-state index in [4.69, 9.17) is 4.74 Å². The lowest BCUT2D eigenvalue weighted by atomic mass is 10.2. The normalized spacial score (nSPS) is 10.7. The quantitative estimate of drug-likeness (QED) is 0.578. The zero-order valence-corrected chi connectivity index (χ0v) is 15.9. The molecule has 0 bridgehead atoms. The van der Waals surface area contributed by atoms with Crippen molar-refractivity contribution in [3.63, 3.8) is 0 Å². The number of hydrogen-bond donors (Lipinski definition) is 1. The first-order chi connectivity index (χ1) is 11.5. The summed E-state index contributed by atoms with van der Waals surface area (Å²) in [5.74, 6) is -0.266. The number of amides is 1. The molecule has 0 aliphatic carbocycles. The average molecular weight is 384 g/mol. The van der Waals surface area contributed by atoms with Gasteiger partial charge in [0.25, 0.3) is 0 Å². The molecule has 1 N–H and O–H groups in total. The lowest BCUT2D eigenvalue weighted by Crippen LogP contribution is -2.14. The van der Waals surface area contributed by atoms with Crippen molar-refractivity contribution in [3.05, 3.63) is 29.8 Å². The first-order valence-corrected chi connectivity index (χ1v) is 10.1. The largest absolute Gasteiger partial charge is 0.459 e. The van der Waals surface area contributed by atoms with Crippen LogP contribution in [0.1, 0.15) is 24.2 Å². The Kier molecular flexibility index (Phi) is 7.07. The summed E-state index contributed by atoms with van der Waals surface area (Å²) >= 11 is 4.33. The Bertz CT molecular complexity index is 701. The Morgan fingerprint density at radius 1 is 1.21 bits per heavy atom. The van der Waals surface area contributed by atoms with Crippen LogP contribution >= 0.6 is 34.9 Å². The van der Waals surface area contributed by atoms with Gasteiger partial charge in [0.15, 0.2) is 8.68 Å². The summed E-state index contributed by atoms with van der Waals surface area (Å²) < 4.78 is 6.75. The second-order valence-corrected chi connectivity index (χ2v) is 8.16. The van der Waals surface area contributed by atoms with Crippen molar-refractivity contribution in [3.8, 4) is 0 Å². The lowest BCUT2D eigenvalue weighted by Gasteiger charge is -2.08. The lowest BCUT2D eigenvalue weighted by molar-refractivity contribution is -0.113. The van der Waals surface area contributed by atoms with Gasteiger partial charge in [-0.1, -0.05) is 34.9 Å². The van der Waals surface area contributed by atoms with Gasteiger partial charge < -0.3 is 10.1 Å². The van der Waals surface area contributed by atoms with Crippen LogP contribution in [0, 0.1) is 0 Å². The zero-order valence-electron chi connectivity index (χ0n) is 13.4. The SMILES string of the molecule is CSc1nnc(SCC(=O)Nc2ccc(C(=O)OC(C)C)cc2)s1. The highest BCUT2D eigenvalue weighted by Crippen LogP contribution is 2.27. The third-order valence-corrected chi connectivity index (χ3v) is 5.67. The fourth-order valence-corrected chi connectivity index (χ4v) is 3.87. The van der Waals surface area contributed by atoms with E-state index in [1.807, 2.05) is 6.26 Å². The van der Waals surface area contributed by atoms with Crippen molar-refractivity contribution in [1.82, 2.24) is 10.2 Å². The molecule has 0 aliphatic heterocycles. The fourth-order valence-electron chi connectivity index (χ4n) is 1.63. The van der Waals surface area contributed by atoms with E-state index in [-0.39, 0.29) is 23.7 Å². The predicted molar refractivity (Wildman–Crippen MR) is 98.0 cm³/mol. The third-order valence-electron chi connectivity index (χ3n) is 2.64. The van der Waals surface area contributed by atoms with Crippen LogP contribution in [0.3, 0.4) is 0 Å². The Hall–Kier alpha value is -1.58. The summed E-state index contributed by atoms with van der Waals surface area (Å²) in [6.45, 7) is 3.59. The zero-order chi connectivity index (χ0) is 17.5. The fraction of sp³-hybridized carbons (Fsp3) is 0.333. The highest BCUT2D eigenvalue weighted by Gasteiger charge is 2.11. The van der Waals surface area contributed by atoms with Gasteiger partial charge >= 0.3 is 5.97 Å². The van der Waals surface area contributed by atoms with Gasteiger partial charge in [-0.25, -0.2) is 4.79 Å². The number of benzene rings is 1. The number of nitrogens with zero attached hydrogens (tertiary/aromatic N) is 2. The number of anilines is 1. The van der Waals surface area contributed by atoms with Crippen LogP contribution in [-0.4, -0.2) is 40.2 Å². The number of hydrogen-bond acceptors (Lipinski definition) is 8. The summed E-state index contributed by atoms with van der Waals surface area (Å²) in [5, 5.41) is 10.8. The van der Waals surface area contributed by atoms with Crippen molar-refractivity contribution < 1.29 is 14.3 Å². The number of ether oxygens (including phenoxy) is 1. The highest BCUT2D eigenvalue weighted by molar-refractivity contribution is 8.03. The van der Waals surface area contributed by atoms with E-state index < -0.39 is 0 Å². The second kappa shape index (κ2) is 9.05. The van der Waals surface area contributed by atoms with Gasteiger partial charge in [-0.15, -0.1) is 10.2 Å². The number of carbonyl (C=O) groups is 2. The summed E-state index contributed by atoms with van der Waals surface area (Å²) in [4.78, 5) is 23.7. The number of rotatable bonds is 7. The monoisotopic (exact) mass is 383 g/mol. The summed E-state index contributed by atoms with van der Waals surface area (Å²) in [6, 6.07) is 6.61. The molecule has 24 heavy (non-hydrogen) atoms. The summed E-state index contributed by atoms with van der Waals surface area (Å²) in [6.07, 6.45) is 1.77. The molecule has 0 saturated heterocycles. The van der Waals surface area contributed by atoms with Gasteiger partial charge in [0.05, 0.1) is 17.4 Å². The van der Waals surface area contributed by atoms with E-state index >= 15 is 0 Å². The molecule has 0 atom stereocenters. The minimum absolute atomic E-state index is 0.140. The first kappa shape index (κ1) is 18.8. The van der Waals surface area contributed by atoms with Crippen LogP contribution in [0.2, 0.25) is 0 Å². The van der Waals surface area contributed by atoms with Crippen LogP contribution in [0.25, 0.3) is 0 Å². The number of carbonyl (C=O) groups excluding carboxylic acids is 2. The molecule has 6 nitrogen and oxygen atoms in total. The molecule has 1 amide bonds. The molecule has 9 heteroatoms. The van der Waals surface area contributed by atoms with E-state index in [0.29, 0.717) is 11.3 Å². The highest BCUT2D eigenvalue weighted by atomic mass is 32.2. The molecular weight excluding hydrogens is 366 g/mol. The van der Waals surface area contributed by atoms with E-state index in [0.717, 1.165) is 8.68 Å². The Balaban J connectivity index is 1.84. The molecule has 0 aliphatic rings. The van der Waals surface area contributed by atoms with Crippen molar-refractivity contribution in [2.45, 2.75) is 28.6 Å². The van der Waals surface area contributed by atoms with Crippen molar-refractivity contribution in [2.24, 2.45) is 0 Å². The van der Waals surface area contributed by atoms with Crippen LogP contribution in [0.4, 0.5) is 5.69 Å². The Labute approximate surface area is 152 Å². The first-order valence-electron chi connectivity index (χ1n) is 7.09. The average Bonchev–Trinajstić information content (AvgIpc) is 3.01. The van der Waals surface area contributed by atoms with E-state index in [9.17, 15) is 9.59 Å². The van der Waals surface area contributed by atoms with Crippen molar-refractivity contribution >= 4 is 52.4 Å². The molecule has 1 aromatic heterocycles. The molecule has 0 fully saturated rings. The van der Waals surface area contributed by atoms with Crippen molar-refractivity contribution in [2.75, 3.05) is 17.3 Å². The van der Waals surface area contributed by atoms with Crippen LogP contribution in [-0.2, 0) is 9.53 Å². The molecule has 0 radical (unpaired) electrons. The molecule has 2 rings (SSSR count). The molecule has 0 saturated carbocycles. The summed E-state index contributed by atoms with van der Waals surface area (Å²) in [5.41, 5.74) is 1.08. The maximum atomic E-state index is 12.0. The Morgan fingerprint density at radius 3 is 2.46 bits per heavy atom. The maximum Gasteiger partial charge on any atom is 0.338 e. The third kappa shape index (κ3) is 5.81. The number of aromatic nitrogens is 2. The molecule has 0 unspecified atom stereocenters. The van der Waals surface area contributed by atoms with Gasteiger partial charge in [0.1, 0.15) is 0 Å². The van der Waals surface area contributed by atoms with E-state index in [2.05, 4.69) is 15.5 Å². The number of esters is 1. The number of nitrogens with one attached hydrogen (secondary N) is 1. The van der Waals surface area contributed by atoms with E-state index in [1.165, 1.54) is 34.9 Å². The molecule has 128 valence electrons. The van der Waals surface area contributed by atoms with Gasteiger partial charge in [-0.2, -0.15) is 0 Å². The molecule has 1 heterocycles. The predicted octanol–water partition coefficient (Wildman–Crippen LogP) is 3.56. The standard InChI is InChI=1S/C15H17N3O3S3/c1-9(2)21-13(20)10-4-6-11(7-5-10)16-12(19)8-23-15-18-17-14(22-3)24-15/h4-7,9H,8H2,1-3H3,(H,16,19). The van der Waals surface area contributed by atoms with E-state index in [1.54, 1.807) is 38.1 Å².